The van der Waals surface area contributed by atoms with Crippen molar-refractivity contribution in [2.24, 2.45) is 0 Å². The van der Waals surface area contributed by atoms with Gasteiger partial charge in [-0.25, -0.2) is 19.9 Å². The second-order valence-electron chi connectivity index (χ2n) is 7.67. The van der Waals surface area contributed by atoms with E-state index in [9.17, 15) is 26.3 Å². The number of hydrogen-bond acceptors (Lipinski definition) is 7. The van der Waals surface area contributed by atoms with Crippen molar-refractivity contribution in [2.75, 3.05) is 11.4 Å². The first-order chi connectivity index (χ1) is 17.5. The zero-order valence-corrected chi connectivity index (χ0v) is 18.7. The molecule has 0 bridgehead atoms. The number of anilines is 1. The van der Waals surface area contributed by atoms with E-state index >= 15 is 0 Å². The van der Waals surface area contributed by atoms with Crippen LogP contribution in [0.4, 0.5) is 32.2 Å². The van der Waals surface area contributed by atoms with Gasteiger partial charge >= 0.3 is 12.4 Å². The number of hydrogen-bond donors (Lipinski definition) is 0. The van der Waals surface area contributed by atoms with Gasteiger partial charge in [0.2, 0.25) is 0 Å². The summed E-state index contributed by atoms with van der Waals surface area (Å²) in [6.45, 7) is 1.33. The monoisotopic (exact) mass is 516 g/mol. The van der Waals surface area contributed by atoms with Gasteiger partial charge in [0, 0.05) is 11.6 Å². The van der Waals surface area contributed by atoms with Crippen LogP contribution in [0, 0.1) is 23.7 Å². The summed E-state index contributed by atoms with van der Waals surface area (Å²) in [5.41, 5.74) is -3.49. The minimum absolute atomic E-state index is 0.0151. The van der Waals surface area contributed by atoms with Crippen LogP contribution >= 0.6 is 0 Å². The molecule has 3 aromatic heterocycles. The maximum Gasteiger partial charge on any atom is 0.418 e. The summed E-state index contributed by atoms with van der Waals surface area (Å²) in [6, 6.07) is 4.65. The van der Waals surface area contributed by atoms with Crippen molar-refractivity contribution in [1.29, 1.82) is 5.26 Å². The van der Waals surface area contributed by atoms with Crippen molar-refractivity contribution in [2.45, 2.75) is 25.3 Å². The number of alkyl halides is 6. The highest BCUT2D eigenvalue weighted by Gasteiger charge is 2.39. The first kappa shape index (κ1) is 25.4. The molecule has 0 fully saturated rings. The van der Waals surface area contributed by atoms with E-state index in [-0.39, 0.29) is 30.1 Å². The predicted octanol–water partition coefficient (Wildman–Crippen LogP) is 4.72. The average Bonchev–Trinajstić information content (AvgIpc) is 3.35. The lowest BCUT2D eigenvalue weighted by Crippen LogP contribution is -2.30. The van der Waals surface area contributed by atoms with Crippen LogP contribution in [0.15, 0.2) is 43.1 Å². The fraction of sp³-hybridized carbons (Fsp3) is 0.217. The summed E-state index contributed by atoms with van der Waals surface area (Å²) in [7, 11) is 0. The van der Waals surface area contributed by atoms with Gasteiger partial charge in [0.25, 0.3) is 0 Å². The lowest BCUT2D eigenvalue weighted by Gasteiger charge is -2.29. The van der Waals surface area contributed by atoms with Crippen molar-refractivity contribution in [3.05, 3.63) is 65.6 Å². The summed E-state index contributed by atoms with van der Waals surface area (Å²) in [5.74, 6) is 2.57. The first-order valence-corrected chi connectivity index (χ1v) is 10.4. The van der Waals surface area contributed by atoms with Crippen LogP contribution in [0.2, 0.25) is 0 Å². The van der Waals surface area contributed by atoms with Gasteiger partial charge in [-0.1, -0.05) is 5.92 Å². The van der Waals surface area contributed by atoms with E-state index in [1.165, 1.54) is 34.2 Å². The van der Waals surface area contributed by atoms with E-state index in [4.69, 9.17) is 11.7 Å². The second-order valence-corrected chi connectivity index (χ2v) is 7.67. The smallest absolute Gasteiger partial charge is 0.335 e. The Kier molecular flexibility index (Phi) is 6.44. The van der Waals surface area contributed by atoms with Gasteiger partial charge in [-0.05, 0) is 31.2 Å². The quantitative estimate of drug-likeness (QED) is 0.280. The van der Waals surface area contributed by atoms with Crippen molar-refractivity contribution in [1.82, 2.24) is 29.7 Å². The molecule has 37 heavy (non-hydrogen) atoms. The number of benzene rings is 1. The highest BCUT2D eigenvalue weighted by Crippen LogP contribution is 2.42. The molecule has 14 heteroatoms. The Balaban J connectivity index is 1.90. The Hall–Kier alpha value is -4.72. The van der Waals surface area contributed by atoms with Gasteiger partial charge in [0.1, 0.15) is 24.5 Å². The molecule has 0 radical (unpaired) electrons. The Morgan fingerprint density at radius 1 is 1.03 bits per heavy atom. The molecule has 0 aliphatic heterocycles. The fourth-order valence-corrected chi connectivity index (χ4v) is 3.69. The van der Waals surface area contributed by atoms with Gasteiger partial charge in [-0.15, -0.1) is 6.42 Å². The minimum atomic E-state index is -5.12. The fourth-order valence-electron chi connectivity index (χ4n) is 3.69. The SMILES string of the molecule is C#CCN(c1ncnc2c(C(F)(F)F)cc(C(F)(F)F)cc12)C(C)c1ncnn1-c1ccc(C#N)cn1. The van der Waals surface area contributed by atoms with E-state index in [0.717, 1.165) is 6.33 Å². The molecule has 188 valence electrons. The lowest BCUT2D eigenvalue weighted by atomic mass is 10.0. The Bertz CT molecular complexity index is 1530. The zero-order chi connectivity index (χ0) is 27.0. The molecule has 0 spiro atoms. The zero-order valence-electron chi connectivity index (χ0n) is 18.7. The molecule has 0 N–H and O–H groups in total. The minimum Gasteiger partial charge on any atom is -0.335 e. The molecule has 1 aromatic carbocycles. The average molecular weight is 516 g/mol. The van der Waals surface area contributed by atoms with E-state index in [1.54, 1.807) is 6.92 Å². The van der Waals surface area contributed by atoms with Crippen LogP contribution in [0.1, 0.15) is 35.5 Å². The van der Waals surface area contributed by atoms with Crippen LogP contribution < -0.4 is 4.90 Å². The molecular formula is C23H14F6N8. The Morgan fingerprint density at radius 3 is 2.38 bits per heavy atom. The van der Waals surface area contributed by atoms with E-state index in [0.29, 0.717) is 11.6 Å². The number of fused-ring (bicyclic) bond motifs is 1. The van der Waals surface area contributed by atoms with Gasteiger partial charge in [0.15, 0.2) is 11.6 Å². The Morgan fingerprint density at radius 2 is 1.78 bits per heavy atom. The van der Waals surface area contributed by atoms with Crippen molar-refractivity contribution in [3.63, 3.8) is 0 Å². The molecule has 8 nitrogen and oxygen atoms in total. The molecule has 0 aliphatic carbocycles. The molecule has 3 heterocycles. The summed E-state index contributed by atoms with van der Waals surface area (Å²) in [4.78, 5) is 17.3. The van der Waals surface area contributed by atoms with Crippen LogP contribution in [0.3, 0.4) is 0 Å². The highest BCUT2D eigenvalue weighted by atomic mass is 19.4. The maximum atomic E-state index is 13.7. The third kappa shape index (κ3) is 4.86. The summed E-state index contributed by atoms with van der Waals surface area (Å²) < 4.78 is 83.1. The van der Waals surface area contributed by atoms with Crippen molar-refractivity contribution < 1.29 is 26.3 Å². The molecule has 0 saturated carbocycles. The largest absolute Gasteiger partial charge is 0.418 e. The molecule has 0 aliphatic rings. The molecule has 1 atom stereocenters. The van der Waals surface area contributed by atoms with Gasteiger partial charge < -0.3 is 4.90 Å². The van der Waals surface area contributed by atoms with Gasteiger partial charge in [-0.3, -0.25) is 0 Å². The number of rotatable bonds is 5. The second kappa shape index (κ2) is 9.39. The normalized spacial score (nSPS) is 12.7. The standard InChI is InChI=1S/C23H14F6N8/c1-3-6-36(13(2)20-34-12-35-37(20)18-5-4-14(9-30)10-31-18)21-16-7-15(22(24,25)26)8-17(23(27,28)29)19(16)32-11-33-21/h1,4-5,7-8,10-13H,6H2,2H3. The lowest BCUT2D eigenvalue weighted by molar-refractivity contribution is -0.142. The van der Waals surface area contributed by atoms with Crippen LogP contribution in [0.5, 0.6) is 0 Å². The summed E-state index contributed by atoms with van der Waals surface area (Å²) in [6.07, 6.45) is -1.36. The topological polar surface area (TPSA) is 96.4 Å². The van der Waals surface area contributed by atoms with Crippen LogP contribution in [-0.4, -0.2) is 36.3 Å². The number of pyridine rings is 1. The van der Waals surface area contributed by atoms with Gasteiger partial charge in [-0.2, -0.15) is 41.4 Å². The first-order valence-electron chi connectivity index (χ1n) is 10.4. The number of halogens is 6. The maximum absolute atomic E-state index is 13.7. The molecular weight excluding hydrogens is 502 g/mol. The van der Waals surface area contributed by atoms with Crippen LogP contribution in [0.25, 0.3) is 16.7 Å². The molecule has 4 rings (SSSR count). The molecule has 1 unspecified atom stereocenters. The predicted molar refractivity (Wildman–Crippen MR) is 118 cm³/mol. The highest BCUT2D eigenvalue weighted by molar-refractivity contribution is 5.92. The number of nitriles is 1. The van der Waals surface area contributed by atoms with E-state index in [1.807, 2.05) is 6.07 Å². The number of nitrogens with zero attached hydrogens (tertiary/aromatic N) is 8. The van der Waals surface area contributed by atoms with E-state index in [2.05, 4.69) is 31.0 Å². The third-order valence-corrected chi connectivity index (χ3v) is 5.39. The van der Waals surface area contributed by atoms with Crippen molar-refractivity contribution >= 4 is 16.7 Å². The van der Waals surface area contributed by atoms with Gasteiger partial charge in [0.05, 0.1) is 34.8 Å². The van der Waals surface area contributed by atoms with Crippen molar-refractivity contribution in [3.8, 4) is 24.2 Å². The number of terminal acetylenes is 1. The van der Waals surface area contributed by atoms with E-state index < -0.39 is 40.4 Å². The Labute approximate surface area is 205 Å². The molecule has 4 aromatic rings. The summed E-state index contributed by atoms with van der Waals surface area (Å²) >= 11 is 0. The summed E-state index contributed by atoms with van der Waals surface area (Å²) in [5, 5.41) is 12.6. The molecule has 0 saturated heterocycles. The number of aromatic nitrogens is 6. The third-order valence-electron chi connectivity index (χ3n) is 5.39. The molecule has 0 amide bonds. The van der Waals surface area contributed by atoms with Crippen LogP contribution in [-0.2, 0) is 12.4 Å².